The zero-order valence-corrected chi connectivity index (χ0v) is 13.5. The zero-order valence-electron chi connectivity index (χ0n) is 11.8. The van der Waals surface area contributed by atoms with Crippen molar-refractivity contribution in [3.8, 4) is 0 Å². The SMILES string of the molecule is CCCCCSP(O)(O)(CCCC)CCCC. The summed E-state index contributed by atoms with van der Waals surface area (Å²) in [6.45, 7) is 6.40. The molecule has 0 unspecified atom stereocenters. The Morgan fingerprint density at radius 1 is 0.765 bits per heavy atom. The van der Waals surface area contributed by atoms with Crippen molar-refractivity contribution in [3.05, 3.63) is 0 Å². The monoisotopic (exact) mass is 282 g/mol. The van der Waals surface area contributed by atoms with Gasteiger partial charge in [0.15, 0.2) is 0 Å². The van der Waals surface area contributed by atoms with E-state index in [2.05, 4.69) is 20.8 Å². The van der Waals surface area contributed by atoms with Gasteiger partial charge in [-0.05, 0) is 0 Å². The van der Waals surface area contributed by atoms with Crippen molar-refractivity contribution < 1.29 is 9.79 Å². The Morgan fingerprint density at radius 2 is 1.24 bits per heavy atom. The van der Waals surface area contributed by atoms with Gasteiger partial charge in [0, 0.05) is 0 Å². The van der Waals surface area contributed by atoms with Gasteiger partial charge in [0.1, 0.15) is 0 Å². The van der Waals surface area contributed by atoms with Gasteiger partial charge in [-0.15, -0.1) is 0 Å². The number of unbranched alkanes of at least 4 members (excludes halogenated alkanes) is 4. The Morgan fingerprint density at radius 3 is 1.65 bits per heavy atom. The molecule has 0 amide bonds. The summed E-state index contributed by atoms with van der Waals surface area (Å²) in [4.78, 5) is 21.4. The summed E-state index contributed by atoms with van der Waals surface area (Å²) in [5.74, 6) is 0.909. The summed E-state index contributed by atoms with van der Waals surface area (Å²) in [5.41, 5.74) is 0. The Labute approximate surface area is 111 Å². The molecule has 2 nitrogen and oxygen atoms in total. The van der Waals surface area contributed by atoms with Gasteiger partial charge < -0.3 is 0 Å². The molecule has 106 valence electrons. The predicted octanol–water partition coefficient (Wildman–Crippen LogP) is 4.79. The molecular formula is C13H31O2PS. The molecule has 0 aromatic rings. The molecule has 0 aliphatic rings. The van der Waals surface area contributed by atoms with Crippen LogP contribution in [0.25, 0.3) is 0 Å². The van der Waals surface area contributed by atoms with Crippen LogP contribution in [-0.4, -0.2) is 27.9 Å². The van der Waals surface area contributed by atoms with Crippen molar-refractivity contribution in [3.63, 3.8) is 0 Å². The Hall–Kier alpha value is 0.700. The van der Waals surface area contributed by atoms with Gasteiger partial charge in [-0.3, -0.25) is 0 Å². The topological polar surface area (TPSA) is 40.5 Å². The van der Waals surface area contributed by atoms with Crippen LogP contribution >= 0.6 is 17.6 Å². The van der Waals surface area contributed by atoms with Crippen LogP contribution in [-0.2, 0) is 0 Å². The van der Waals surface area contributed by atoms with Crippen LogP contribution in [0.4, 0.5) is 0 Å². The van der Waals surface area contributed by atoms with Crippen LogP contribution in [0.3, 0.4) is 0 Å². The van der Waals surface area contributed by atoms with E-state index in [1.54, 1.807) is 0 Å². The van der Waals surface area contributed by atoms with Gasteiger partial charge in [-0.2, -0.15) is 0 Å². The van der Waals surface area contributed by atoms with E-state index in [-0.39, 0.29) is 0 Å². The Bertz CT molecular complexity index is 186. The number of rotatable bonds is 11. The maximum atomic E-state index is 10.7. The first-order valence-electron chi connectivity index (χ1n) is 7.13. The third-order valence-corrected chi connectivity index (χ3v) is 9.99. The van der Waals surface area contributed by atoms with Crippen LogP contribution < -0.4 is 0 Å². The molecule has 4 heteroatoms. The first-order chi connectivity index (χ1) is 7.96. The molecule has 0 aliphatic carbocycles. The van der Waals surface area contributed by atoms with E-state index in [0.717, 1.165) is 37.9 Å². The molecule has 0 saturated heterocycles. The molecule has 0 bridgehead atoms. The zero-order chi connectivity index (χ0) is 13.2. The van der Waals surface area contributed by atoms with Crippen molar-refractivity contribution in [2.75, 3.05) is 18.1 Å². The molecule has 0 radical (unpaired) electrons. The molecule has 0 atom stereocenters. The number of hydrogen-bond acceptors (Lipinski definition) is 3. The molecule has 0 aromatic heterocycles. The minimum absolute atomic E-state index is 0.624. The summed E-state index contributed by atoms with van der Waals surface area (Å²) in [6.07, 6.45) is 5.31. The molecule has 0 fully saturated rings. The van der Waals surface area contributed by atoms with Crippen LogP contribution in [0.1, 0.15) is 65.7 Å². The van der Waals surface area contributed by atoms with Gasteiger partial charge in [-0.1, -0.05) is 0 Å². The summed E-state index contributed by atoms with van der Waals surface area (Å²) in [5, 5.41) is 0. The molecule has 0 heterocycles. The van der Waals surface area contributed by atoms with E-state index in [9.17, 15) is 9.79 Å². The molecule has 17 heavy (non-hydrogen) atoms. The van der Waals surface area contributed by atoms with Crippen molar-refractivity contribution in [1.82, 2.24) is 0 Å². The third-order valence-electron chi connectivity index (χ3n) is 3.06. The molecule has 0 aliphatic heterocycles. The normalized spacial score (nSPS) is 14.5. The van der Waals surface area contributed by atoms with Crippen molar-refractivity contribution >= 4 is 17.6 Å². The predicted molar refractivity (Wildman–Crippen MR) is 82.9 cm³/mol. The molecule has 0 rings (SSSR count). The third kappa shape index (κ3) is 8.42. The maximum absolute atomic E-state index is 10.7. The van der Waals surface area contributed by atoms with E-state index < -0.39 is 6.26 Å². The van der Waals surface area contributed by atoms with E-state index >= 15 is 0 Å². The van der Waals surface area contributed by atoms with Crippen LogP contribution in [0.15, 0.2) is 0 Å². The molecule has 0 spiro atoms. The standard InChI is InChI=1S/C13H31O2PS/c1-4-7-10-13-17-16(14,15,11-8-5-2)12-9-6-3/h14-15H,4-13H2,1-3H3. The van der Waals surface area contributed by atoms with Crippen molar-refractivity contribution in [2.24, 2.45) is 0 Å². The first-order valence-corrected chi connectivity index (χ1v) is 11.2. The van der Waals surface area contributed by atoms with E-state index in [4.69, 9.17) is 0 Å². The average molecular weight is 282 g/mol. The van der Waals surface area contributed by atoms with Crippen molar-refractivity contribution in [2.45, 2.75) is 65.7 Å². The quantitative estimate of drug-likeness (QED) is 0.423. The summed E-state index contributed by atoms with van der Waals surface area (Å²) >= 11 is 1.49. The van der Waals surface area contributed by atoms with Crippen molar-refractivity contribution in [1.29, 1.82) is 0 Å². The van der Waals surface area contributed by atoms with E-state index in [0.29, 0.717) is 12.3 Å². The minimum atomic E-state index is -3.40. The van der Waals surface area contributed by atoms with Crippen LogP contribution in [0.5, 0.6) is 0 Å². The summed E-state index contributed by atoms with van der Waals surface area (Å²) < 4.78 is 0. The van der Waals surface area contributed by atoms with E-state index in [1.807, 2.05) is 0 Å². The van der Waals surface area contributed by atoms with Crippen LogP contribution in [0.2, 0.25) is 0 Å². The second-order valence-corrected chi connectivity index (χ2v) is 12.5. The fourth-order valence-electron chi connectivity index (χ4n) is 1.82. The molecule has 0 saturated carbocycles. The van der Waals surface area contributed by atoms with Gasteiger partial charge in [0.05, 0.1) is 0 Å². The summed E-state index contributed by atoms with van der Waals surface area (Å²) in [7, 11) is 0. The number of hydrogen-bond donors (Lipinski definition) is 2. The fraction of sp³-hybridized carbons (Fsp3) is 1.00. The van der Waals surface area contributed by atoms with Gasteiger partial charge >= 0.3 is 111 Å². The van der Waals surface area contributed by atoms with Gasteiger partial charge in [-0.25, -0.2) is 0 Å². The Balaban J connectivity index is 4.25. The Kier molecular flexibility index (Phi) is 9.10. The van der Waals surface area contributed by atoms with Gasteiger partial charge in [0.25, 0.3) is 0 Å². The molecular weight excluding hydrogens is 251 g/mol. The fourth-order valence-corrected chi connectivity index (χ4v) is 8.16. The van der Waals surface area contributed by atoms with E-state index in [1.165, 1.54) is 24.2 Å². The molecule has 2 N–H and O–H groups in total. The van der Waals surface area contributed by atoms with Gasteiger partial charge in [0.2, 0.25) is 0 Å². The average Bonchev–Trinajstić information content (AvgIpc) is 2.31. The summed E-state index contributed by atoms with van der Waals surface area (Å²) in [6, 6.07) is 0. The second kappa shape index (κ2) is 8.74. The molecule has 0 aromatic carbocycles. The van der Waals surface area contributed by atoms with Crippen LogP contribution in [0, 0.1) is 0 Å². The second-order valence-electron chi connectivity index (χ2n) is 4.99. The first kappa shape index (κ1) is 17.7.